The van der Waals surface area contributed by atoms with Crippen LogP contribution in [-0.4, -0.2) is 28.2 Å². The van der Waals surface area contributed by atoms with E-state index >= 15 is 0 Å². The number of carbonyl (C=O) groups is 1. The van der Waals surface area contributed by atoms with E-state index in [9.17, 15) is 23.1 Å². The third-order valence-electron chi connectivity index (χ3n) is 2.87. The van der Waals surface area contributed by atoms with Gasteiger partial charge < -0.3 is 15.7 Å². The van der Waals surface area contributed by atoms with Crippen molar-refractivity contribution in [1.82, 2.24) is 5.32 Å². The van der Waals surface area contributed by atoms with E-state index in [1.165, 1.54) is 0 Å². The summed E-state index contributed by atoms with van der Waals surface area (Å²) >= 11 is 4.97. The van der Waals surface area contributed by atoms with Crippen molar-refractivity contribution in [2.24, 2.45) is 0 Å². The molecule has 1 heterocycles. The Balaban J connectivity index is 2.19. The van der Waals surface area contributed by atoms with Gasteiger partial charge >= 0.3 is 6.18 Å². The van der Waals surface area contributed by atoms with E-state index < -0.39 is 30.3 Å². The van der Waals surface area contributed by atoms with Gasteiger partial charge in [-0.2, -0.15) is 13.2 Å². The first-order chi connectivity index (χ1) is 9.79. The van der Waals surface area contributed by atoms with E-state index in [-0.39, 0.29) is 10.6 Å². The molecule has 1 unspecified atom stereocenters. The van der Waals surface area contributed by atoms with Gasteiger partial charge in [-0.25, -0.2) is 0 Å². The highest BCUT2D eigenvalue weighted by molar-refractivity contribution is 7.81. The first-order valence-corrected chi connectivity index (χ1v) is 6.36. The third-order valence-corrected chi connectivity index (χ3v) is 3.18. The number of thiocarbonyl (C=S) groups is 1. The summed E-state index contributed by atoms with van der Waals surface area (Å²) in [6, 6.07) is 6.45. The highest BCUT2D eigenvalue weighted by Crippen LogP contribution is 2.29. The third kappa shape index (κ3) is 3.52. The zero-order chi connectivity index (χ0) is 15.6. The first-order valence-electron chi connectivity index (χ1n) is 5.95. The average molecular weight is 316 g/mol. The maximum absolute atomic E-state index is 12.6. The number of nitrogens with one attached hydrogen (secondary N) is 2. The fourth-order valence-corrected chi connectivity index (χ4v) is 2.18. The van der Waals surface area contributed by atoms with Crippen LogP contribution in [0.15, 0.2) is 41.7 Å². The number of alkyl halides is 3. The molecule has 4 nitrogen and oxygen atoms in total. The van der Waals surface area contributed by atoms with Crippen molar-refractivity contribution in [2.75, 3.05) is 5.32 Å². The minimum absolute atomic E-state index is 0.128. The number of anilines is 1. The smallest absolute Gasteiger partial charge is 0.409 e. The highest BCUT2D eigenvalue weighted by Gasteiger charge is 2.45. The van der Waals surface area contributed by atoms with Crippen molar-refractivity contribution < 1.29 is 23.1 Å². The quantitative estimate of drug-likeness (QED) is 0.734. The molecule has 1 aromatic carbocycles. The number of amides is 1. The molecular weight excluding hydrogens is 305 g/mol. The molecule has 2 rings (SSSR count). The summed E-state index contributed by atoms with van der Waals surface area (Å²) in [6.07, 6.45) is -5.36. The molecule has 1 atom stereocenters. The summed E-state index contributed by atoms with van der Waals surface area (Å²) in [5, 5.41) is 14.2. The van der Waals surface area contributed by atoms with Crippen molar-refractivity contribution in [3.8, 4) is 0 Å². The number of para-hydroxylation sites is 1. The number of carbonyl (C=O) groups excluding carboxylic acids is 1. The van der Waals surface area contributed by atoms with Gasteiger partial charge in [-0.1, -0.05) is 30.4 Å². The van der Waals surface area contributed by atoms with E-state index in [0.29, 0.717) is 5.69 Å². The normalized spacial score (nSPS) is 19.2. The molecule has 0 saturated carbocycles. The number of hydrogen-bond donors (Lipinski definition) is 3. The minimum atomic E-state index is -4.62. The Morgan fingerprint density at radius 2 is 1.95 bits per heavy atom. The predicted molar refractivity (Wildman–Crippen MR) is 74.9 cm³/mol. The molecule has 8 heteroatoms. The largest absolute Gasteiger partial charge is 0.511 e. The van der Waals surface area contributed by atoms with Gasteiger partial charge in [-0.05, 0) is 12.1 Å². The molecule has 0 aromatic heterocycles. The van der Waals surface area contributed by atoms with E-state index in [2.05, 4.69) is 5.32 Å². The number of benzene rings is 1. The number of rotatable bonds is 2. The van der Waals surface area contributed by atoms with Gasteiger partial charge in [0.25, 0.3) is 5.91 Å². The monoisotopic (exact) mass is 316 g/mol. The van der Waals surface area contributed by atoms with Crippen LogP contribution in [0.3, 0.4) is 0 Å². The van der Waals surface area contributed by atoms with Crippen LogP contribution >= 0.6 is 12.2 Å². The second-order valence-corrected chi connectivity index (χ2v) is 4.82. The number of hydrogen-bond acceptors (Lipinski definition) is 3. The second-order valence-electron chi connectivity index (χ2n) is 4.41. The van der Waals surface area contributed by atoms with E-state index in [1.54, 1.807) is 35.6 Å². The second kappa shape index (κ2) is 5.72. The fourth-order valence-electron chi connectivity index (χ4n) is 1.85. The molecule has 1 amide bonds. The van der Waals surface area contributed by atoms with Crippen LogP contribution in [0.25, 0.3) is 0 Å². The zero-order valence-electron chi connectivity index (χ0n) is 10.6. The van der Waals surface area contributed by atoms with Gasteiger partial charge in [0, 0.05) is 12.1 Å². The molecule has 112 valence electrons. The first kappa shape index (κ1) is 15.3. The minimum Gasteiger partial charge on any atom is -0.511 e. The molecule has 0 saturated heterocycles. The van der Waals surface area contributed by atoms with Gasteiger partial charge in [-0.15, -0.1) is 0 Å². The zero-order valence-corrected chi connectivity index (χ0v) is 11.4. The average Bonchev–Trinajstić information content (AvgIpc) is 2.37. The van der Waals surface area contributed by atoms with Gasteiger partial charge in [0.2, 0.25) is 0 Å². The summed E-state index contributed by atoms with van der Waals surface area (Å²) in [7, 11) is 0. The number of aliphatic hydroxyl groups is 1. The van der Waals surface area contributed by atoms with Gasteiger partial charge in [-0.3, -0.25) is 4.79 Å². The van der Waals surface area contributed by atoms with Crippen molar-refractivity contribution in [2.45, 2.75) is 18.6 Å². The molecule has 0 spiro atoms. The molecule has 0 radical (unpaired) electrons. The van der Waals surface area contributed by atoms with Crippen LogP contribution in [-0.2, 0) is 4.79 Å². The molecule has 21 heavy (non-hydrogen) atoms. The Hall–Kier alpha value is -2.09. The van der Waals surface area contributed by atoms with Gasteiger partial charge in [0.15, 0.2) is 0 Å². The molecule has 0 aliphatic carbocycles. The van der Waals surface area contributed by atoms with Crippen LogP contribution in [0.5, 0.6) is 0 Å². The number of aliphatic hydroxyl groups excluding tert-OH is 1. The van der Waals surface area contributed by atoms with Crippen molar-refractivity contribution >= 4 is 28.8 Å². The molecule has 1 aliphatic rings. The molecule has 1 aromatic rings. The summed E-state index contributed by atoms with van der Waals surface area (Å²) in [4.78, 5) is 11.6. The summed E-state index contributed by atoms with van der Waals surface area (Å²) in [5.41, 5.74) is 0.225. The molecule has 1 aliphatic heterocycles. The van der Waals surface area contributed by atoms with Crippen molar-refractivity contribution in [3.63, 3.8) is 0 Å². The summed E-state index contributed by atoms with van der Waals surface area (Å²) in [5.74, 6) is -1.72. The van der Waals surface area contributed by atoms with E-state index in [1.807, 2.05) is 0 Å². The Bertz CT molecular complexity index is 599. The maximum atomic E-state index is 12.6. The lowest BCUT2D eigenvalue weighted by Crippen LogP contribution is -2.50. The molecule has 0 fully saturated rings. The van der Waals surface area contributed by atoms with Crippen LogP contribution in [0, 0.1) is 0 Å². The lowest BCUT2D eigenvalue weighted by Gasteiger charge is -2.27. The lowest BCUT2D eigenvalue weighted by molar-refractivity contribution is -0.163. The van der Waals surface area contributed by atoms with Gasteiger partial charge in [0.1, 0.15) is 22.4 Å². The Kier molecular flexibility index (Phi) is 4.17. The number of halogens is 3. The Labute approximate surface area is 123 Å². The maximum Gasteiger partial charge on any atom is 0.409 e. The van der Waals surface area contributed by atoms with E-state index in [4.69, 9.17) is 12.2 Å². The SMILES string of the molecule is O=C1NC(C(F)(F)F)CC(O)=C1C(=S)Nc1ccccc1. The molecule has 0 bridgehead atoms. The molecular formula is C13H11F3N2O2S. The van der Waals surface area contributed by atoms with Crippen molar-refractivity contribution in [3.05, 3.63) is 41.7 Å². The molecule has 3 N–H and O–H groups in total. The van der Waals surface area contributed by atoms with Crippen LogP contribution in [0.4, 0.5) is 18.9 Å². The summed E-state index contributed by atoms with van der Waals surface area (Å²) < 4.78 is 37.7. The fraction of sp³-hybridized carbons (Fsp3) is 0.231. The van der Waals surface area contributed by atoms with Crippen molar-refractivity contribution in [1.29, 1.82) is 0 Å². The Morgan fingerprint density at radius 1 is 1.33 bits per heavy atom. The van der Waals surface area contributed by atoms with Crippen LogP contribution in [0.2, 0.25) is 0 Å². The lowest BCUT2D eigenvalue weighted by atomic mass is 10.0. The van der Waals surface area contributed by atoms with E-state index in [0.717, 1.165) is 0 Å². The summed E-state index contributed by atoms with van der Waals surface area (Å²) in [6.45, 7) is 0. The topological polar surface area (TPSA) is 61.4 Å². The Morgan fingerprint density at radius 3 is 2.48 bits per heavy atom. The standard InChI is InChI=1S/C13H11F3N2O2S/c14-13(15,16)9-6-8(19)10(11(20)18-9)12(21)17-7-4-2-1-3-5-7/h1-5,9,19H,6H2,(H,17,21)(H,18,20). The highest BCUT2D eigenvalue weighted by atomic mass is 32.1. The predicted octanol–water partition coefficient (Wildman–Crippen LogP) is 2.69. The van der Waals surface area contributed by atoms with Gasteiger partial charge in [0.05, 0.1) is 0 Å². The van der Waals surface area contributed by atoms with Crippen LogP contribution < -0.4 is 10.6 Å². The van der Waals surface area contributed by atoms with Crippen LogP contribution in [0.1, 0.15) is 6.42 Å².